The molecule has 2 rings (SSSR count). The van der Waals surface area contributed by atoms with Crippen LogP contribution in [0.25, 0.3) is 0 Å². The van der Waals surface area contributed by atoms with Crippen molar-refractivity contribution >= 4 is 11.6 Å². The largest absolute Gasteiger partial charge is 0.495 e. The summed E-state index contributed by atoms with van der Waals surface area (Å²) in [7, 11) is 2.98. The van der Waals surface area contributed by atoms with Gasteiger partial charge in [0.2, 0.25) is 0 Å². The molecular formula is C18H18N2O4. The van der Waals surface area contributed by atoms with Crippen LogP contribution < -0.4 is 19.5 Å². The maximum atomic E-state index is 12.7. The van der Waals surface area contributed by atoms with Gasteiger partial charge in [-0.1, -0.05) is 12.1 Å². The van der Waals surface area contributed by atoms with Gasteiger partial charge in [-0.05, 0) is 25.1 Å². The Morgan fingerprint density at radius 2 is 1.88 bits per heavy atom. The van der Waals surface area contributed by atoms with Crippen molar-refractivity contribution in [1.29, 1.82) is 5.26 Å². The van der Waals surface area contributed by atoms with Crippen molar-refractivity contribution in [1.82, 2.24) is 0 Å². The molecule has 124 valence electrons. The molecule has 0 aliphatic heterocycles. The van der Waals surface area contributed by atoms with Crippen LogP contribution >= 0.6 is 0 Å². The Kier molecular flexibility index (Phi) is 5.63. The molecule has 6 heteroatoms. The fourth-order valence-corrected chi connectivity index (χ4v) is 2.22. The molecule has 0 saturated heterocycles. The number of carbonyl (C=O) groups is 1. The van der Waals surface area contributed by atoms with E-state index in [0.717, 1.165) is 0 Å². The second kappa shape index (κ2) is 7.88. The minimum absolute atomic E-state index is 0.221. The monoisotopic (exact) mass is 326 g/mol. The first-order valence-corrected chi connectivity index (χ1v) is 7.33. The van der Waals surface area contributed by atoms with Crippen molar-refractivity contribution in [2.45, 2.75) is 6.92 Å². The van der Waals surface area contributed by atoms with E-state index in [-0.39, 0.29) is 5.56 Å². The van der Waals surface area contributed by atoms with Gasteiger partial charge in [0.05, 0.1) is 43.7 Å². The van der Waals surface area contributed by atoms with Crippen LogP contribution in [-0.2, 0) is 0 Å². The topological polar surface area (TPSA) is 80.6 Å². The molecule has 1 amide bonds. The van der Waals surface area contributed by atoms with Crippen LogP contribution in [-0.4, -0.2) is 26.7 Å². The zero-order valence-electron chi connectivity index (χ0n) is 13.8. The Hall–Kier alpha value is -3.20. The predicted octanol–water partition coefficient (Wildman–Crippen LogP) is 3.23. The van der Waals surface area contributed by atoms with Gasteiger partial charge in [-0.2, -0.15) is 5.26 Å². The highest BCUT2D eigenvalue weighted by atomic mass is 16.5. The third-order valence-corrected chi connectivity index (χ3v) is 3.29. The van der Waals surface area contributed by atoms with Crippen LogP contribution in [0.3, 0.4) is 0 Å². The van der Waals surface area contributed by atoms with E-state index in [0.29, 0.717) is 35.1 Å². The fourth-order valence-electron chi connectivity index (χ4n) is 2.22. The molecule has 0 aromatic heterocycles. The van der Waals surface area contributed by atoms with E-state index in [1.165, 1.54) is 26.4 Å². The zero-order valence-corrected chi connectivity index (χ0v) is 13.8. The minimum atomic E-state index is -0.418. The number of nitrogens with one attached hydrogen (secondary N) is 1. The number of hydrogen-bond donors (Lipinski definition) is 1. The lowest BCUT2D eigenvalue weighted by Gasteiger charge is -2.15. The Balaban J connectivity index is 2.46. The molecule has 2 aromatic rings. The third kappa shape index (κ3) is 3.58. The molecule has 0 spiro atoms. The van der Waals surface area contributed by atoms with Crippen LogP contribution in [0, 0.1) is 11.3 Å². The summed E-state index contributed by atoms with van der Waals surface area (Å²) < 4.78 is 16.0. The molecule has 0 radical (unpaired) electrons. The van der Waals surface area contributed by atoms with E-state index in [1.807, 2.05) is 6.07 Å². The molecule has 0 heterocycles. The summed E-state index contributed by atoms with van der Waals surface area (Å²) in [4.78, 5) is 12.7. The Morgan fingerprint density at radius 3 is 2.50 bits per heavy atom. The fraction of sp³-hybridized carbons (Fsp3) is 0.222. The van der Waals surface area contributed by atoms with Gasteiger partial charge in [0.25, 0.3) is 5.91 Å². The van der Waals surface area contributed by atoms with Gasteiger partial charge < -0.3 is 19.5 Å². The average molecular weight is 326 g/mol. The van der Waals surface area contributed by atoms with Crippen molar-refractivity contribution in [2.24, 2.45) is 0 Å². The molecule has 2 aromatic carbocycles. The summed E-state index contributed by atoms with van der Waals surface area (Å²) in [6.07, 6.45) is 0. The van der Waals surface area contributed by atoms with Crippen LogP contribution in [0.4, 0.5) is 5.69 Å². The Morgan fingerprint density at radius 1 is 1.17 bits per heavy atom. The highest BCUT2D eigenvalue weighted by molar-refractivity contribution is 6.07. The summed E-state index contributed by atoms with van der Waals surface area (Å²) in [6, 6.07) is 12.1. The molecule has 0 aliphatic carbocycles. The predicted molar refractivity (Wildman–Crippen MR) is 89.8 cm³/mol. The molecule has 0 atom stereocenters. The lowest BCUT2D eigenvalue weighted by molar-refractivity contribution is 0.102. The van der Waals surface area contributed by atoms with Crippen LogP contribution in [0.1, 0.15) is 22.8 Å². The number of carbonyl (C=O) groups excluding carboxylic acids is 1. The summed E-state index contributed by atoms with van der Waals surface area (Å²) >= 11 is 0. The van der Waals surface area contributed by atoms with Crippen molar-refractivity contribution in [3.05, 3.63) is 47.5 Å². The van der Waals surface area contributed by atoms with Gasteiger partial charge >= 0.3 is 0 Å². The number of nitriles is 1. The molecule has 0 bridgehead atoms. The molecule has 0 unspecified atom stereocenters. The Bertz CT molecular complexity index is 781. The number of para-hydroxylation sites is 2. The molecule has 1 N–H and O–H groups in total. The first kappa shape index (κ1) is 17.2. The summed E-state index contributed by atoms with van der Waals surface area (Å²) in [6.45, 7) is 2.16. The van der Waals surface area contributed by atoms with E-state index in [1.54, 1.807) is 31.2 Å². The highest BCUT2D eigenvalue weighted by Crippen LogP contribution is 2.34. The maximum Gasteiger partial charge on any atom is 0.259 e. The van der Waals surface area contributed by atoms with Gasteiger partial charge in [-0.3, -0.25) is 4.79 Å². The molecule has 24 heavy (non-hydrogen) atoms. The highest BCUT2D eigenvalue weighted by Gasteiger charge is 2.20. The number of hydrogen-bond acceptors (Lipinski definition) is 5. The number of nitrogens with zero attached hydrogens (tertiary/aromatic N) is 1. The van der Waals surface area contributed by atoms with Gasteiger partial charge in [-0.15, -0.1) is 0 Å². The number of methoxy groups -OCH3 is 2. The van der Waals surface area contributed by atoms with E-state index in [9.17, 15) is 4.79 Å². The summed E-state index contributed by atoms with van der Waals surface area (Å²) in [5.74, 6) is 0.748. The van der Waals surface area contributed by atoms with Crippen molar-refractivity contribution < 1.29 is 19.0 Å². The van der Waals surface area contributed by atoms with Crippen molar-refractivity contribution in [3.63, 3.8) is 0 Å². The third-order valence-electron chi connectivity index (χ3n) is 3.29. The standard InChI is InChI=1S/C18H18N2O4/c1-4-24-17-13(9-12(11-19)10-16(17)23-3)18(21)20-14-7-5-6-8-15(14)22-2/h5-10H,4H2,1-3H3,(H,20,21). The van der Waals surface area contributed by atoms with Gasteiger partial charge in [-0.25, -0.2) is 0 Å². The van der Waals surface area contributed by atoms with Gasteiger partial charge in [0.1, 0.15) is 5.75 Å². The van der Waals surface area contributed by atoms with Crippen molar-refractivity contribution in [2.75, 3.05) is 26.1 Å². The number of benzene rings is 2. The Labute approximate surface area is 140 Å². The quantitative estimate of drug-likeness (QED) is 0.881. The average Bonchev–Trinajstić information content (AvgIpc) is 2.62. The van der Waals surface area contributed by atoms with Crippen LogP contribution in [0.5, 0.6) is 17.2 Å². The number of amides is 1. The first-order chi connectivity index (χ1) is 11.6. The second-order valence-electron chi connectivity index (χ2n) is 4.75. The van der Waals surface area contributed by atoms with Crippen molar-refractivity contribution in [3.8, 4) is 23.3 Å². The van der Waals surface area contributed by atoms with Gasteiger partial charge in [0, 0.05) is 6.07 Å². The molecular weight excluding hydrogens is 308 g/mol. The molecule has 0 aliphatic rings. The van der Waals surface area contributed by atoms with E-state index < -0.39 is 5.91 Å². The minimum Gasteiger partial charge on any atom is -0.495 e. The second-order valence-corrected chi connectivity index (χ2v) is 4.75. The lowest BCUT2D eigenvalue weighted by atomic mass is 10.1. The van der Waals surface area contributed by atoms with Crippen LogP contribution in [0.2, 0.25) is 0 Å². The van der Waals surface area contributed by atoms with E-state index >= 15 is 0 Å². The van der Waals surface area contributed by atoms with Crippen LogP contribution in [0.15, 0.2) is 36.4 Å². The molecule has 0 fully saturated rings. The number of ether oxygens (including phenoxy) is 3. The zero-order chi connectivity index (χ0) is 17.5. The molecule has 6 nitrogen and oxygen atoms in total. The summed E-state index contributed by atoms with van der Waals surface area (Å²) in [5, 5.41) is 11.9. The normalized spacial score (nSPS) is 9.75. The smallest absolute Gasteiger partial charge is 0.259 e. The first-order valence-electron chi connectivity index (χ1n) is 7.33. The number of anilines is 1. The SMILES string of the molecule is CCOc1c(OC)cc(C#N)cc1C(=O)Nc1ccccc1OC. The number of rotatable bonds is 6. The van der Waals surface area contributed by atoms with E-state index in [2.05, 4.69) is 5.32 Å². The summed E-state index contributed by atoms with van der Waals surface area (Å²) in [5.41, 5.74) is 1.05. The van der Waals surface area contributed by atoms with Gasteiger partial charge in [0.15, 0.2) is 11.5 Å². The van der Waals surface area contributed by atoms with E-state index in [4.69, 9.17) is 19.5 Å². The maximum absolute atomic E-state index is 12.7. The molecule has 0 saturated carbocycles. The lowest BCUT2D eigenvalue weighted by Crippen LogP contribution is -2.15.